The van der Waals surface area contributed by atoms with Gasteiger partial charge < -0.3 is 10.6 Å². The van der Waals surface area contributed by atoms with E-state index in [9.17, 15) is 4.79 Å². The summed E-state index contributed by atoms with van der Waals surface area (Å²) in [5.41, 5.74) is 9.58. The lowest BCUT2D eigenvalue weighted by Gasteiger charge is -2.45. The molecule has 1 aliphatic heterocycles. The van der Waals surface area contributed by atoms with E-state index in [1.54, 1.807) is 6.07 Å². The number of piperidine rings is 1. The van der Waals surface area contributed by atoms with Crippen LogP contribution < -0.4 is 5.73 Å². The van der Waals surface area contributed by atoms with Crippen molar-refractivity contribution in [1.82, 2.24) is 9.80 Å². The van der Waals surface area contributed by atoms with Crippen molar-refractivity contribution in [3.63, 3.8) is 0 Å². The molecule has 0 aliphatic carbocycles. The molecule has 2 N–H and O–H groups in total. The van der Waals surface area contributed by atoms with Crippen LogP contribution in [0.25, 0.3) is 0 Å². The number of hydrogen-bond donors (Lipinski definition) is 1. The number of anilines is 1. The van der Waals surface area contributed by atoms with Crippen molar-refractivity contribution in [2.24, 2.45) is 11.8 Å². The fourth-order valence-corrected chi connectivity index (χ4v) is 4.60. The molecule has 2 aromatic rings. The third-order valence-electron chi connectivity index (χ3n) is 5.77. The smallest absolute Gasteiger partial charge is 0.254 e. The summed E-state index contributed by atoms with van der Waals surface area (Å²) in [6.45, 7) is 9.45. The minimum absolute atomic E-state index is 0.0695. The number of hydrogen-bond acceptors (Lipinski definition) is 3. The highest BCUT2D eigenvalue weighted by Crippen LogP contribution is 2.29. The molecule has 4 nitrogen and oxygen atoms in total. The van der Waals surface area contributed by atoms with Crippen molar-refractivity contribution >= 4 is 11.6 Å². The number of nitrogen functional groups attached to an aromatic ring is 1. The molecule has 2 unspecified atom stereocenters. The quantitative estimate of drug-likeness (QED) is 0.838. The standard InChI is InChI=1S/C23H31N3O/c1-16-10-11-20(24)12-21(16)23(27)25(4)22-17(2)13-26(14-18(22)3)15-19-8-6-5-7-9-19/h5-12,17-18,22H,13-15,24H2,1-4H3. The number of nitrogens with zero attached hydrogens (tertiary/aromatic N) is 2. The molecule has 1 fully saturated rings. The van der Waals surface area contributed by atoms with Crippen molar-refractivity contribution < 1.29 is 4.79 Å². The Labute approximate surface area is 163 Å². The van der Waals surface area contributed by atoms with Crippen LogP contribution in [0.5, 0.6) is 0 Å². The lowest BCUT2D eigenvalue weighted by Crippen LogP contribution is -2.55. The lowest BCUT2D eigenvalue weighted by atomic mass is 9.84. The maximum Gasteiger partial charge on any atom is 0.254 e. The minimum Gasteiger partial charge on any atom is -0.399 e. The Kier molecular flexibility index (Phi) is 5.85. The van der Waals surface area contributed by atoms with Crippen molar-refractivity contribution in [1.29, 1.82) is 0 Å². The Morgan fingerprint density at radius 2 is 1.74 bits per heavy atom. The summed E-state index contributed by atoms with van der Waals surface area (Å²) >= 11 is 0. The number of nitrogens with two attached hydrogens (primary N) is 1. The van der Waals surface area contributed by atoms with E-state index in [1.807, 2.05) is 31.0 Å². The van der Waals surface area contributed by atoms with Gasteiger partial charge in [0.25, 0.3) is 5.91 Å². The molecule has 0 saturated carbocycles. The maximum absolute atomic E-state index is 13.1. The van der Waals surface area contributed by atoms with Gasteiger partial charge >= 0.3 is 0 Å². The first-order valence-corrected chi connectivity index (χ1v) is 9.76. The molecule has 27 heavy (non-hydrogen) atoms. The number of aryl methyl sites for hydroxylation is 1. The van der Waals surface area contributed by atoms with Crippen molar-refractivity contribution in [3.05, 3.63) is 65.2 Å². The van der Waals surface area contributed by atoms with Gasteiger partial charge in [-0.2, -0.15) is 0 Å². The molecule has 0 spiro atoms. The Hall–Kier alpha value is -2.33. The van der Waals surface area contributed by atoms with Crippen LogP contribution >= 0.6 is 0 Å². The summed E-state index contributed by atoms with van der Waals surface area (Å²) in [5.74, 6) is 0.889. The van der Waals surface area contributed by atoms with Crippen LogP contribution in [-0.4, -0.2) is 41.9 Å². The van der Waals surface area contributed by atoms with Crippen LogP contribution in [-0.2, 0) is 6.54 Å². The summed E-state index contributed by atoms with van der Waals surface area (Å²) in [4.78, 5) is 17.6. The van der Waals surface area contributed by atoms with Gasteiger partial charge in [0, 0.05) is 44.0 Å². The predicted molar refractivity (Wildman–Crippen MR) is 112 cm³/mol. The van der Waals surface area contributed by atoms with E-state index >= 15 is 0 Å². The Bertz CT molecular complexity index is 777. The molecule has 4 heteroatoms. The van der Waals surface area contributed by atoms with Crippen LogP contribution in [0, 0.1) is 18.8 Å². The topological polar surface area (TPSA) is 49.6 Å². The highest BCUT2D eigenvalue weighted by atomic mass is 16.2. The van der Waals surface area contributed by atoms with Gasteiger partial charge in [-0.25, -0.2) is 0 Å². The normalized spacial score (nSPS) is 23.2. The largest absolute Gasteiger partial charge is 0.399 e. The summed E-state index contributed by atoms with van der Waals surface area (Å²) < 4.78 is 0. The number of carbonyl (C=O) groups is 1. The van der Waals surface area contributed by atoms with Crippen LogP contribution in [0.15, 0.2) is 48.5 Å². The third kappa shape index (κ3) is 4.33. The van der Waals surface area contributed by atoms with Crippen LogP contribution in [0.1, 0.15) is 35.3 Å². The SMILES string of the molecule is Cc1ccc(N)cc1C(=O)N(C)C1C(C)CN(Cc2ccccc2)CC1C. The molecular formula is C23H31N3O. The molecule has 2 aromatic carbocycles. The zero-order chi connectivity index (χ0) is 19.6. The molecule has 1 amide bonds. The first-order valence-electron chi connectivity index (χ1n) is 9.76. The number of carbonyl (C=O) groups excluding carboxylic acids is 1. The van der Waals surface area contributed by atoms with Crippen molar-refractivity contribution in [2.75, 3.05) is 25.9 Å². The monoisotopic (exact) mass is 365 g/mol. The zero-order valence-corrected chi connectivity index (χ0v) is 16.9. The summed E-state index contributed by atoms with van der Waals surface area (Å²) in [6, 6.07) is 16.4. The fraction of sp³-hybridized carbons (Fsp3) is 0.435. The first kappa shape index (κ1) is 19.4. The third-order valence-corrected chi connectivity index (χ3v) is 5.77. The van der Waals surface area contributed by atoms with Gasteiger partial charge in [-0.05, 0) is 42.0 Å². The van der Waals surface area contributed by atoms with Gasteiger partial charge in [0.2, 0.25) is 0 Å². The Morgan fingerprint density at radius 1 is 1.11 bits per heavy atom. The zero-order valence-electron chi connectivity index (χ0n) is 16.9. The van der Waals surface area contributed by atoms with E-state index in [1.165, 1.54) is 5.56 Å². The molecular weight excluding hydrogens is 334 g/mol. The van der Waals surface area contributed by atoms with Crippen molar-refractivity contribution in [2.45, 2.75) is 33.4 Å². The second kappa shape index (κ2) is 8.13. The number of likely N-dealkylation sites (tertiary alicyclic amines) is 1. The van der Waals surface area contributed by atoms with Gasteiger partial charge in [-0.1, -0.05) is 50.2 Å². The van der Waals surface area contributed by atoms with E-state index in [0.29, 0.717) is 23.1 Å². The average Bonchev–Trinajstić information content (AvgIpc) is 2.63. The van der Waals surface area contributed by atoms with Crippen LogP contribution in [0.2, 0.25) is 0 Å². The first-order chi connectivity index (χ1) is 12.9. The molecule has 0 aromatic heterocycles. The highest BCUT2D eigenvalue weighted by Gasteiger charge is 2.36. The molecule has 0 bridgehead atoms. The second-order valence-electron chi connectivity index (χ2n) is 8.12. The molecule has 144 valence electrons. The van der Waals surface area contributed by atoms with E-state index in [-0.39, 0.29) is 11.9 Å². The van der Waals surface area contributed by atoms with Gasteiger partial charge in [-0.15, -0.1) is 0 Å². The van der Waals surface area contributed by atoms with Gasteiger partial charge in [0.05, 0.1) is 0 Å². The number of benzene rings is 2. The molecule has 1 aliphatic rings. The second-order valence-corrected chi connectivity index (χ2v) is 8.12. The van der Waals surface area contributed by atoms with E-state index in [2.05, 4.69) is 49.1 Å². The van der Waals surface area contributed by atoms with Crippen molar-refractivity contribution in [3.8, 4) is 0 Å². The van der Waals surface area contributed by atoms with E-state index in [0.717, 1.165) is 25.2 Å². The molecule has 0 radical (unpaired) electrons. The summed E-state index contributed by atoms with van der Waals surface area (Å²) in [7, 11) is 1.94. The van der Waals surface area contributed by atoms with Gasteiger partial charge in [0.15, 0.2) is 0 Å². The van der Waals surface area contributed by atoms with Crippen LogP contribution in [0.4, 0.5) is 5.69 Å². The fourth-order valence-electron chi connectivity index (χ4n) is 4.60. The minimum atomic E-state index is 0.0695. The number of amides is 1. The summed E-state index contributed by atoms with van der Waals surface area (Å²) in [5, 5.41) is 0. The maximum atomic E-state index is 13.1. The Morgan fingerprint density at radius 3 is 2.37 bits per heavy atom. The molecule has 3 rings (SSSR count). The summed E-state index contributed by atoms with van der Waals surface area (Å²) in [6.07, 6.45) is 0. The highest BCUT2D eigenvalue weighted by molar-refractivity contribution is 5.96. The molecule has 1 saturated heterocycles. The lowest BCUT2D eigenvalue weighted by molar-refractivity contribution is 0.0270. The van der Waals surface area contributed by atoms with E-state index < -0.39 is 0 Å². The van der Waals surface area contributed by atoms with Gasteiger partial charge in [0.1, 0.15) is 0 Å². The Balaban J connectivity index is 1.71. The number of rotatable bonds is 4. The molecule has 1 heterocycles. The van der Waals surface area contributed by atoms with Crippen LogP contribution in [0.3, 0.4) is 0 Å². The van der Waals surface area contributed by atoms with Gasteiger partial charge in [-0.3, -0.25) is 9.69 Å². The predicted octanol–water partition coefficient (Wildman–Crippen LogP) is 3.81. The average molecular weight is 366 g/mol. The van der Waals surface area contributed by atoms with E-state index in [4.69, 9.17) is 5.73 Å². The molecule has 2 atom stereocenters.